The van der Waals surface area contributed by atoms with Crippen molar-refractivity contribution in [2.45, 2.75) is 39.2 Å². The number of pyridine rings is 1. The van der Waals surface area contributed by atoms with Gasteiger partial charge in [-0.2, -0.15) is 10.2 Å². The molecule has 0 saturated heterocycles. The molecule has 5 rings (SSSR count). The van der Waals surface area contributed by atoms with Gasteiger partial charge < -0.3 is 5.32 Å². The van der Waals surface area contributed by atoms with Crippen molar-refractivity contribution >= 4 is 34.4 Å². The minimum Gasteiger partial charge on any atom is -0.304 e. The fourth-order valence-corrected chi connectivity index (χ4v) is 4.05. The minimum atomic E-state index is -0.253. The lowest BCUT2D eigenvalue weighted by molar-refractivity contribution is 0.102. The van der Waals surface area contributed by atoms with Crippen LogP contribution < -0.4 is 5.32 Å². The Hall–Kier alpha value is -3.19. The minimum absolute atomic E-state index is 0.253. The van der Waals surface area contributed by atoms with E-state index in [9.17, 15) is 4.79 Å². The highest BCUT2D eigenvalue weighted by Gasteiger charge is 2.29. The summed E-state index contributed by atoms with van der Waals surface area (Å²) in [6, 6.07) is 12.0. The number of amides is 1. The van der Waals surface area contributed by atoms with E-state index in [-0.39, 0.29) is 5.91 Å². The fourth-order valence-electron chi connectivity index (χ4n) is 3.84. The molecule has 0 spiro atoms. The van der Waals surface area contributed by atoms with Gasteiger partial charge in [-0.25, -0.2) is 9.67 Å². The molecule has 1 N–H and O–H groups in total. The van der Waals surface area contributed by atoms with Crippen LogP contribution >= 0.6 is 11.6 Å². The van der Waals surface area contributed by atoms with Gasteiger partial charge in [0.05, 0.1) is 28.9 Å². The van der Waals surface area contributed by atoms with Crippen molar-refractivity contribution in [3.8, 4) is 0 Å². The van der Waals surface area contributed by atoms with Gasteiger partial charge in [-0.1, -0.05) is 41.9 Å². The van der Waals surface area contributed by atoms with E-state index in [4.69, 9.17) is 21.7 Å². The third-order valence-corrected chi connectivity index (χ3v) is 6.26. The number of rotatable bonds is 5. The van der Waals surface area contributed by atoms with Crippen LogP contribution in [0.3, 0.4) is 0 Å². The summed E-state index contributed by atoms with van der Waals surface area (Å²) in [5, 5.41) is 13.1. The van der Waals surface area contributed by atoms with Crippen LogP contribution in [0.2, 0.25) is 5.02 Å². The van der Waals surface area contributed by atoms with Crippen molar-refractivity contribution in [3.05, 3.63) is 69.6 Å². The van der Waals surface area contributed by atoms with Gasteiger partial charge in [-0.15, -0.1) is 0 Å². The molecule has 0 unspecified atom stereocenters. The third kappa shape index (κ3) is 3.59. The molecule has 1 amide bonds. The first-order chi connectivity index (χ1) is 14.9. The molecule has 3 aromatic heterocycles. The highest BCUT2D eigenvalue weighted by atomic mass is 35.5. The van der Waals surface area contributed by atoms with Crippen LogP contribution in [0, 0.1) is 13.8 Å². The van der Waals surface area contributed by atoms with E-state index in [2.05, 4.69) is 22.5 Å². The van der Waals surface area contributed by atoms with Crippen molar-refractivity contribution in [2.24, 2.45) is 7.05 Å². The highest BCUT2D eigenvalue weighted by Crippen LogP contribution is 2.40. The molecule has 31 heavy (non-hydrogen) atoms. The van der Waals surface area contributed by atoms with Gasteiger partial charge in [-0.05, 0) is 38.3 Å². The van der Waals surface area contributed by atoms with Gasteiger partial charge >= 0.3 is 0 Å². The largest absolute Gasteiger partial charge is 0.304 e. The molecule has 7 nitrogen and oxygen atoms in total. The van der Waals surface area contributed by atoms with Crippen molar-refractivity contribution < 1.29 is 4.79 Å². The maximum Gasteiger partial charge on any atom is 0.257 e. The number of benzene rings is 1. The molecular weight excluding hydrogens is 412 g/mol. The summed E-state index contributed by atoms with van der Waals surface area (Å²) in [7, 11) is 1.80. The lowest BCUT2D eigenvalue weighted by atomic mass is 10.1. The van der Waals surface area contributed by atoms with Gasteiger partial charge in [0.1, 0.15) is 5.02 Å². The Kier molecular flexibility index (Phi) is 4.78. The van der Waals surface area contributed by atoms with Crippen LogP contribution in [0.1, 0.15) is 51.8 Å². The first-order valence-electron chi connectivity index (χ1n) is 10.3. The van der Waals surface area contributed by atoms with E-state index in [0.717, 1.165) is 46.5 Å². The Bertz CT molecular complexity index is 1300. The van der Waals surface area contributed by atoms with Gasteiger partial charge in [0.25, 0.3) is 5.91 Å². The second kappa shape index (κ2) is 7.50. The van der Waals surface area contributed by atoms with Crippen LogP contribution in [-0.4, -0.2) is 30.5 Å². The molecule has 1 fully saturated rings. The second-order valence-electron chi connectivity index (χ2n) is 8.12. The zero-order valence-corrected chi connectivity index (χ0v) is 18.4. The quantitative estimate of drug-likeness (QED) is 0.497. The lowest BCUT2D eigenvalue weighted by Gasteiger charge is -2.09. The normalized spacial score (nSPS) is 13.7. The van der Waals surface area contributed by atoms with E-state index in [1.165, 1.54) is 0 Å². The molecule has 0 aliphatic heterocycles. The number of anilines is 1. The number of nitrogens with one attached hydrogen (secondary N) is 1. The summed E-state index contributed by atoms with van der Waals surface area (Å²) in [5.74, 6) is 0.507. The number of carbonyl (C=O) groups is 1. The topological polar surface area (TPSA) is 77.6 Å². The molecular formula is C23H23ClN6O. The molecule has 1 aromatic carbocycles. The molecule has 0 radical (unpaired) electrons. The van der Waals surface area contributed by atoms with Crippen LogP contribution in [-0.2, 0) is 13.6 Å². The van der Waals surface area contributed by atoms with E-state index < -0.39 is 0 Å². The van der Waals surface area contributed by atoms with E-state index >= 15 is 0 Å². The number of fused-ring (bicyclic) bond motifs is 1. The fraction of sp³-hybridized carbons (Fsp3) is 0.304. The molecule has 4 aromatic rings. The zero-order chi connectivity index (χ0) is 21.7. The standard InChI is InChI=1S/C23H23ClN6O/c1-13-19-17(23(31)26-21-20(24)14(2)29(3)28-21)11-18(16-9-10-16)25-22(19)30(27-13)12-15-7-5-4-6-8-15/h4-8,11,16H,9-10,12H2,1-3H3,(H,26,28,31). The number of aromatic nitrogens is 5. The molecule has 158 valence electrons. The van der Waals surface area contributed by atoms with Crippen molar-refractivity contribution in [1.29, 1.82) is 0 Å². The van der Waals surface area contributed by atoms with Gasteiger partial charge in [0.15, 0.2) is 11.5 Å². The average molecular weight is 435 g/mol. The number of hydrogen-bond donors (Lipinski definition) is 1. The molecule has 1 aliphatic carbocycles. The van der Waals surface area contributed by atoms with Crippen molar-refractivity contribution in [3.63, 3.8) is 0 Å². The zero-order valence-electron chi connectivity index (χ0n) is 17.7. The van der Waals surface area contributed by atoms with Crippen molar-refractivity contribution in [2.75, 3.05) is 5.32 Å². The molecule has 0 bridgehead atoms. The third-order valence-electron chi connectivity index (χ3n) is 5.81. The molecule has 8 heteroatoms. The molecule has 1 aliphatic rings. The van der Waals surface area contributed by atoms with Crippen LogP contribution in [0.25, 0.3) is 11.0 Å². The number of aryl methyl sites for hydroxylation is 2. The van der Waals surface area contributed by atoms with Gasteiger partial charge in [-0.3, -0.25) is 9.48 Å². The second-order valence-corrected chi connectivity index (χ2v) is 8.50. The Labute approximate surface area is 185 Å². The molecule has 0 atom stereocenters. The van der Waals surface area contributed by atoms with E-state index in [1.807, 2.05) is 42.8 Å². The predicted octanol–water partition coefficient (Wildman–Crippen LogP) is 4.61. The Morgan fingerprint density at radius 1 is 1.19 bits per heavy atom. The molecule has 3 heterocycles. The Balaban J connectivity index is 1.60. The maximum atomic E-state index is 13.3. The predicted molar refractivity (Wildman–Crippen MR) is 121 cm³/mol. The van der Waals surface area contributed by atoms with Crippen LogP contribution in [0.15, 0.2) is 36.4 Å². The first-order valence-corrected chi connectivity index (χ1v) is 10.7. The van der Waals surface area contributed by atoms with Crippen molar-refractivity contribution in [1.82, 2.24) is 24.5 Å². The van der Waals surface area contributed by atoms with E-state index in [0.29, 0.717) is 28.9 Å². The van der Waals surface area contributed by atoms with E-state index in [1.54, 1.807) is 11.7 Å². The number of nitrogens with zero attached hydrogens (tertiary/aromatic N) is 5. The van der Waals surface area contributed by atoms with Crippen LogP contribution in [0.5, 0.6) is 0 Å². The summed E-state index contributed by atoms with van der Waals surface area (Å²) in [6.07, 6.45) is 2.19. The SMILES string of the molecule is Cc1nn(Cc2ccccc2)c2nc(C3CC3)cc(C(=O)Nc3nn(C)c(C)c3Cl)c12. The summed E-state index contributed by atoms with van der Waals surface area (Å²) in [5.41, 5.74) is 4.93. The van der Waals surface area contributed by atoms with Gasteiger partial charge in [0.2, 0.25) is 0 Å². The summed E-state index contributed by atoms with van der Waals surface area (Å²) < 4.78 is 3.54. The molecule has 1 saturated carbocycles. The first kappa shape index (κ1) is 19.8. The monoisotopic (exact) mass is 434 g/mol. The van der Waals surface area contributed by atoms with Crippen LogP contribution in [0.4, 0.5) is 5.82 Å². The maximum absolute atomic E-state index is 13.3. The summed E-state index contributed by atoms with van der Waals surface area (Å²) in [6.45, 7) is 4.37. The smallest absolute Gasteiger partial charge is 0.257 e. The lowest BCUT2D eigenvalue weighted by Crippen LogP contribution is -2.14. The highest BCUT2D eigenvalue weighted by molar-refractivity contribution is 6.34. The Morgan fingerprint density at radius 3 is 2.58 bits per heavy atom. The summed E-state index contributed by atoms with van der Waals surface area (Å²) >= 11 is 6.35. The number of hydrogen-bond acceptors (Lipinski definition) is 4. The Morgan fingerprint density at radius 2 is 1.94 bits per heavy atom. The number of halogens is 1. The summed E-state index contributed by atoms with van der Waals surface area (Å²) in [4.78, 5) is 18.2. The van der Waals surface area contributed by atoms with Gasteiger partial charge in [0, 0.05) is 18.7 Å². The number of carbonyl (C=O) groups excluding carboxylic acids is 1. The average Bonchev–Trinajstić information content (AvgIpc) is 3.53.